The standard InChI is InChI=1S/C19H16ClN3O3S/c1-11(26-18(25)13-4-8-15(21)9-5-13)17(24)23-19-22-16(10-27-19)12-2-6-14(20)7-3-12/h2-11H,21H2,1H3,(H,22,23,24). The topological polar surface area (TPSA) is 94.3 Å². The quantitative estimate of drug-likeness (QED) is 0.492. The lowest BCUT2D eigenvalue weighted by atomic mass is 10.2. The zero-order valence-electron chi connectivity index (χ0n) is 14.3. The van der Waals surface area contributed by atoms with E-state index < -0.39 is 18.0 Å². The highest BCUT2D eigenvalue weighted by molar-refractivity contribution is 7.14. The van der Waals surface area contributed by atoms with E-state index in [9.17, 15) is 9.59 Å². The summed E-state index contributed by atoms with van der Waals surface area (Å²) in [4.78, 5) is 28.7. The molecule has 0 radical (unpaired) electrons. The summed E-state index contributed by atoms with van der Waals surface area (Å²) >= 11 is 7.16. The van der Waals surface area contributed by atoms with Gasteiger partial charge in [-0.15, -0.1) is 11.3 Å². The summed E-state index contributed by atoms with van der Waals surface area (Å²) in [6.07, 6.45) is -0.974. The average Bonchev–Trinajstić information content (AvgIpc) is 3.11. The molecule has 1 amide bonds. The van der Waals surface area contributed by atoms with Crippen LogP contribution in [0.2, 0.25) is 5.02 Å². The van der Waals surface area contributed by atoms with Crippen molar-refractivity contribution in [2.75, 3.05) is 11.1 Å². The van der Waals surface area contributed by atoms with E-state index in [0.29, 0.717) is 21.4 Å². The SMILES string of the molecule is CC(OC(=O)c1ccc(N)cc1)C(=O)Nc1nc(-c2ccc(Cl)cc2)cs1. The van der Waals surface area contributed by atoms with Gasteiger partial charge < -0.3 is 10.5 Å². The highest BCUT2D eigenvalue weighted by atomic mass is 35.5. The molecule has 8 heteroatoms. The van der Waals surface area contributed by atoms with Crippen molar-refractivity contribution in [3.8, 4) is 11.3 Å². The monoisotopic (exact) mass is 401 g/mol. The summed E-state index contributed by atoms with van der Waals surface area (Å²) in [6, 6.07) is 13.5. The van der Waals surface area contributed by atoms with E-state index in [4.69, 9.17) is 22.1 Å². The summed E-state index contributed by atoms with van der Waals surface area (Å²) in [5, 5.41) is 5.53. The summed E-state index contributed by atoms with van der Waals surface area (Å²) in [6.45, 7) is 1.50. The van der Waals surface area contributed by atoms with E-state index in [1.807, 2.05) is 17.5 Å². The summed E-state index contributed by atoms with van der Waals surface area (Å²) in [7, 11) is 0. The maximum absolute atomic E-state index is 12.3. The number of nitrogens with one attached hydrogen (secondary N) is 1. The van der Waals surface area contributed by atoms with Crippen LogP contribution >= 0.6 is 22.9 Å². The highest BCUT2D eigenvalue weighted by Crippen LogP contribution is 2.26. The van der Waals surface area contributed by atoms with Crippen molar-refractivity contribution in [3.63, 3.8) is 0 Å². The number of amides is 1. The number of hydrogen-bond donors (Lipinski definition) is 2. The lowest BCUT2D eigenvalue weighted by Crippen LogP contribution is -2.29. The Morgan fingerprint density at radius 2 is 1.81 bits per heavy atom. The Balaban J connectivity index is 1.60. The number of aromatic nitrogens is 1. The minimum Gasteiger partial charge on any atom is -0.449 e. The van der Waals surface area contributed by atoms with Gasteiger partial charge in [0.1, 0.15) is 0 Å². The number of rotatable bonds is 5. The first kappa shape index (κ1) is 18.9. The molecular weight excluding hydrogens is 386 g/mol. The maximum Gasteiger partial charge on any atom is 0.338 e. The molecule has 0 aliphatic carbocycles. The van der Waals surface area contributed by atoms with Gasteiger partial charge in [-0.05, 0) is 43.3 Å². The van der Waals surface area contributed by atoms with Gasteiger partial charge in [-0.3, -0.25) is 10.1 Å². The molecular formula is C19H16ClN3O3S. The van der Waals surface area contributed by atoms with Crippen molar-refractivity contribution >= 4 is 45.6 Å². The smallest absolute Gasteiger partial charge is 0.338 e. The first-order valence-corrected chi connectivity index (χ1v) is 9.27. The fourth-order valence-electron chi connectivity index (χ4n) is 2.19. The predicted octanol–water partition coefficient (Wildman–Crippen LogP) is 4.23. The molecule has 0 saturated heterocycles. The van der Waals surface area contributed by atoms with E-state index in [0.717, 1.165) is 11.3 Å². The molecule has 0 spiro atoms. The zero-order valence-corrected chi connectivity index (χ0v) is 15.9. The molecule has 0 aliphatic rings. The van der Waals surface area contributed by atoms with Gasteiger partial charge in [-0.25, -0.2) is 9.78 Å². The Kier molecular flexibility index (Phi) is 5.73. The van der Waals surface area contributed by atoms with E-state index in [1.54, 1.807) is 36.4 Å². The molecule has 1 atom stereocenters. The summed E-state index contributed by atoms with van der Waals surface area (Å²) < 4.78 is 5.19. The second kappa shape index (κ2) is 8.20. The van der Waals surface area contributed by atoms with Gasteiger partial charge >= 0.3 is 5.97 Å². The Morgan fingerprint density at radius 1 is 1.15 bits per heavy atom. The lowest BCUT2D eigenvalue weighted by Gasteiger charge is -2.12. The first-order chi connectivity index (χ1) is 12.9. The Hall–Kier alpha value is -2.90. The number of anilines is 2. The molecule has 0 saturated carbocycles. The molecule has 0 fully saturated rings. The van der Waals surface area contributed by atoms with Crippen LogP contribution in [-0.4, -0.2) is 23.0 Å². The van der Waals surface area contributed by atoms with Crippen molar-refractivity contribution in [1.82, 2.24) is 4.98 Å². The average molecular weight is 402 g/mol. The number of nitrogen functional groups attached to an aromatic ring is 1. The van der Waals surface area contributed by atoms with Gasteiger partial charge in [0.05, 0.1) is 11.3 Å². The number of benzene rings is 2. The molecule has 138 valence electrons. The van der Waals surface area contributed by atoms with E-state index in [2.05, 4.69) is 10.3 Å². The number of esters is 1. The molecule has 2 aromatic carbocycles. The Bertz CT molecular complexity index is 955. The molecule has 3 N–H and O–H groups in total. The van der Waals surface area contributed by atoms with Gasteiger partial charge in [0, 0.05) is 21.7 Å². The molecule has 0 aliphatic heterocycles. The van der Waals surface area contributed by atoms with Crippen LogP contribution < -0.4 is 11.1 Å². The van der Waals surface area contributed by atoms with Crippen molar-refractivity contribution in [3.05, 3.63) is 64.5 Å². The Morgan fingerprint density at radius 3 is 2.48 bits per heavy atom. The number of carbonyl (C=O) groups is 2. The number of halogens is 1. The maximum atomic E-state index is 12.3. The number of ether oxygens (including phenoxy) is 1. The molecule has 6 nitrogen and oxygen atoms in total. The fourth-order valence-corrected chi connectivity index (χ4v) is 3.04. The number of nitrogens with zero attached hydrogens (tertiary/aromatic N) is 1. The van der Waals surface area contributed by atoms with Gasteiger partial charge in [0.2, 0.25) is 0 Å². The third-order valence-corrected chi connectivity index (χ3v) is 4.68. The van der Waals surface area contributed by atoms with Crippen molar-refractivity contribution in [1.29, 1.82) is 0 Å². The number of carbonyl (C=O) groups excluding carboxylic acids is 2. The van der Waals surface area contributed by atoms with Crippen LogP contribution in [0, 0.1) is 0 Å². The van der Waals surface area contributed by atoms with Crippen LogP contribution in [0.15, 0.2) is 53.9 Å². The van der Waals surface area contributed by atoms with Crippen LogP contribution in [0.5, 0.6) is 0 Å². The molecule has 3 aromatic rings. The van der Waals surface area contributed by atoms with Gasteiger partial charge in [-0.2, -0.15) is 0 Å². The Labute approximate surface area is 164 Å². The van der Waals surface area contributed by atoms with Gasteiger partial charge in [0.25, 0.3) is 5.91 Å². The molecule has 0 bridgehead atoms. The lowest BCUT2D eigenvalue weighted by molar-refractivity contribution is -0.123. The van der Waals surface area contributed by atoms with Crippen LogP contribution in [0.25, 0.3) is 11.3 Å². The van der Waals surface area contributed by atoms with E-state index in [-0.39, 0.29) is 0 Å². The molecule has 1 unspecified atom stereocenters. The van der Waals surface area contributed by atoms with Crippen molar-refractivity contribution < 1.29 is 14.3 Å². The van der Waals surface area contributed by atoms with Crippen LogP contribution in [0.3, 0.4) is 0 Å². The highest BCUT2D eigenvalue weighted by Gasteiger charge is 2.20. The van der Waals surface area contributed by atoms with E-state index >= 15 is 0 Å². The summed E-state index contributed by atoms with van der Waals surface area (Å²) in [5.41, 5.74) is 8.06. The predicted molar refractivity (Wildman–Crippen MR) is 107 cm³/mol. The minimum absolute atomic E-state index is 0.322. The molecule has 1 aromatic heterocycles. The molecule has 3 rings (SSSR count). The number of thiazole rings is 1. The van der Waals surface area contributed by atoms with Crippen LogP contribution in [0.4, 0.5) is 10.8 Å². The zero-order chi connectivity index (χ0) is 19.4. The second-order valence-electron chi connectivity index (χ2n) is 5.70. The van der Waals surface area contributed by atoms with Crippen molar-refractivity contribution in [2.24, 2.45) is 0 Å². The normalized spacial score (nSPS) is 11.6. The molecule has 1 heterocycles. The largest absolute Gasteiger partial charge is 0.449 e. The molecule has 27 heavy (non-hydrogen) atoms. The van der Waals surface area contributed by atoms with Gasteiger partial charge in [-0.1, -0.05) is 23.7 Å². The first-order valence-electron chi connectivity index (χ1n) is 8.01. The fraction of sp³-hybridized carbons (Fsp3) is 0.105. The van der Waals surface area contributed by atoms with Crippen LogP contribution in [-0.2, 0) is 9.53 Å². The minimum atomic E-state index is -0.974. The van der Waals surface area contributed by atoms with Crippen molar-refractivity contribution in [2.45, 2.75) is 13.0 Å². The van der Waals surface area contributed by atoms with Crippen LogP contribution in [0.1, 0.15) is 17.3 Å². The second-order valence-corrected chi connectivity index (χ2v) is 7.00. The number of nitrogens with two attached hydrogens (primary N) is 1. The summed E-state index contributed by atoms with van der Waals surface area (Å²) in [5.74, 6) is -1.06. The van der Waals surface area contributed by atoms with E-state index in [1.165, 1.54) is 18.3 Å². The third kappa shape index (κ3) is 4.84. The number of hydrogen-bond acceptors (Lipinski definition) is 6. The third-order valence-electron chi connectivity index (χ3n) is 3.67. The van der Waals surface area contributed by atoms with Gasteiger partial charge in [0.15, 0.2) is 11.2 Å².